The molecule has 0 saturated carbocycles. The number of nitrogen functional groups attached to an aromatic ring is 1. The molecule has 7 heteroatoms. The second-order valence-electron chi connectivity index (χ2n) is 4.45. The maximum Gasteiger partial charge on any atom is 0.261 e. The van der Waals surface area contributed by atoms with Crippen molar-refractivity contribution in [2.24, 2.45) is 7.05 Å². The summed E-state index contributed by atoms with van der Waals surface area (Å²) in [6, 6.07) is 9.46. The minimum Gasteiger partial charge on any atom is -0.374 e. The number of aromatic nitrogens is 3. The van der Waals surface area contributed by atoms with Gasteiger partial charge in [-0.1, -0.05) is 11.3 Å². The predicted octanol–water partition coefficient (Wildman–Crippen LogP) is 2.29. The smallest absolute Gasteiger partial charge is 0.261 e. The number of halogens is 1. The SMILES string of the molecule is Cn1c(-c2ccc(F)cc2)ccc(-c2nnc(N)s2)c1=O. The Labute approximate surface area is 123 Å². The number of hydrogen-bond donors (Lipinski definition) is 1. The molecule has 3 rings (SSSR count). The normalized spacial score (nSPS) is 10.8. The first kappa shape index (κ1) is 13.4. The standard InChI is InChI=1S/C14H11FN4OS/c1-19-11(8-2-4-9(15)5-3-8)7-6-10(13(19)20)12-17-18-14(16)21-12/h2-7H,1H3,(H2,16,18). The molecule has 106 valence electrons. The van der Waals surface area contributed by atoms with E-state index in [1.807, 2.05) is 0 Å². The molecule has 0 spiro atoms. The van der Waals surface area contributed by atoms with Crippen molar-refractivity contribution in [1.29, 1.82) is 0 Å². The third kappa shape index (κ3) is 2.43. The van der Waals surface area contributed by atoms with Crippen LogP contribution < -0.4 is 11.3 Å². The van der Waals surface area contributed by atoms with E-state index in [-0.39, 0.29) is 11.4 Å². The molecule has 0 amide bonds. The third-order valence-electron chi connectivity index (χ3n) is 3.12. The van der Waals surface area contributed by atoms with Gasteiger partial charge in [0.2, 0.25) is 5.13 Å². The van der Waals surface area contributed by atoms with Crippen LogP contribution in [0.5, 0.6) is 0 Å². The van der Waals surface area contributed by atoms with Crippen molar-refractivity contribution in [3.8, 4) is 21.8 Å². The molecule has 21 heavy (non-hydrogen) atoms. The van der Waals surface area contributed by atoms with E-state index in [9.17, 15) is 9.18 Å². The maximum absolute atomic E-state index is 13.0. The fourth-order valence-electron chi connectivity index (χ4n) is 2.05. The molecule has 0 saturated heterocycles. The first-order chi connectivity index (χ1) is 10.1. The van der Waals surface area contributed by atoms with Crippen molar-refractivity contribution in [2.45, 2.75) is 0 Å². The zero-order valence-corrected chi connectivity index (χ0v) is 11.9. The molecular formula is C14H11FN4OS. The molecule has 3 aromatic rings. The van der Waals surface area contributed by atoms with E-state index in [0.717, 1.165) is 16.9 Å². The minimum absolute atomic E-state index is 0.201. The third-order valence-corrected chi connectivity index (χ3v) is 3.90. The highest BCUT2D eigenvalue weighted by Gasteiger charge is 2.13. The maximum atomic E-state index is 13.0. The Bertz CT molecular complexity index is 854. The number of rotatable bonds is 2. The Kier molecular flexibility index (Phi) is 3.26. The zero-order chi connectivity index (χ0) is 15.0. The van der Waals surface area contributed by atoms with E-state index >= 15 is 0 Å². The van der Waals surface area contributed by atoms with Gasteiger partial charge in [0.15, 0.2) is 5.01 Å². The molecule has 0 atom stereocenters. The first-order valence-electron chi connectivity index (χ1n) is 6.11. The number of anilines is 1. The molecule has 5 nitrogen and oxygen atoms in total. The average molecular weight is 302 g/mol. The molecule has 0 aliphatic rings. The number of benzene rings is 1. The Balaban J connectivity index is 2.12. The van der Waals surface area contributed by atoms with Crippen molar-refractivity contribution in [3.63, 3.8) is 0 Å². The molecule has 1 aromatic carbocycles. The van der Waals surface area contributed by atoms with E-state index in [1.54, 1.807) is 31.3 Å². The van der Waals surface area contributed by atoms with Gasteiger partial charge < -0.3 is 10.3 Å². The van der Waals surface area contributed by atoms with Crippen LogP contribution in [0.2, 0.25) is 0 Å². The Hall–Kier alpha value is -2.54. The highest BCUT2D eigenvalue weighted by Crippen LogP contribution is 2.24. The van der Waals surface area contributed by atoms with Gasteiger partial charge in [-0.3, -0.25) is 4.79 Å². The van der Waals surface area contributed by atoms with Gasteiger partial charge in [0, 0.05) is 7.05 Å². The van der Waals surface area contributed by atoms with Gasteiger partial charge in [-0.2, -0.15) is 0 Å². The monoisotopic (exact) mass is 302 g/mol. The summed E-state index contributed by atoms with van der Waals surface area (Å²) in [5, 5.41) is 8.39. The summed E-state index contributed by atoms with van der Waals surface area (Å²) in [6.07, 6.45) is 0. The topological polar surface area (TPSA) is 73.8 Å². The molecule has 0 fully saturated rings. The summed E-state index contributed by atoms with van der Waals surface area (Å²) in [7, 11) is 1.66. The predicted molar refractivity (Wildman–Crippen MR) is 80.4 cm³/mol. The molecule has 0 radical (unpaired) electrons. The largest absolute Gasteiger partial charge is 0.374 e. The molecule has 0 aliphatic carbocycles. The van der Waals surface area contributed by atoms with Crippen LogP contribution in [0.4, 0.5) is 9.52 Å². The van der Waals surface area contributed by atoms with Crippen molar-refractivity contribution in [3.05, 3.63) is 52.6 Å². The second kappa shape index (κ2) is 5.10. The van der Waals surface area contributed by atoms with E-state index in [2.05, 4.69) is 10.2 Å². The Morgan fingerprint density at radius 3 is 2.48 bits per heavy atom. The van der Waals surface area contributed by atoms with E-state index in [0.29, 0.717) is 21.4 Å². The van der Waals surface area contributed by atoms with Gasteiger partial charge in [0.05, 0.1) is 11.3 Å². The van der Waals surface area contributed by atoms with Gasteiger partial charge in [-0.15, -0.1) is 10.2 Å². The quantitative estimate of drug-likeness (QED) is 0.788. The number of nitrogens with two attached hydrogens (primary N) is 1. The number of hydrogen-bond acceptors (Lipinski definition) is 5. The van der Waals surface area contributed by atoms with Crippen LogP contribution in [0, 0.1) is 5.82 Å². The number of nitrogens with zero attached hydrogens (tertiary/aromatic N) is 3. The van der Waals surface area contributed by atoms with Crippen LogP contribution in [0.3, 0.4) is 0 Å². The molecule has 0 bridgehead atoms. The van der Waals surface area contributed by atoms with Crippen LogP contribution >= 0.6 is 11.3 Å². The van der Waals surface area contributed by atoms with Gasteiger partial charge >= 0.3 is 0 Å². The van der Waals surface area contributed by atoms with E-state index < -0.39 is 0 Å². The van der Waals surface area contributed by atoms with Crippen molar-refractivity contribution in [1.82, 2.24) is 14.8 Å². The summed E-state index contributed by atoms with van der Waals surface area (Å²) in [4.78, 5) is 12.4. The lowest BCUT2D eigenvalue weighted by atomic mass is 10.1. The number of pyridine rings is 1. The first-order valence-corrected chi connectivity index (χ1v) is 6.93. The summed E-state index contributed by atoms with van der Waals surface area (Å²) in [5.41, 5.74) is 7.24. The Morgan fingerprint density at radius 2 is 1.86 bits per heavy atom. The lowest BCUT2D eigenvalue weighted by molar-refractivity contribution is 0.628. The van der Waals surface area contributed by atoms with Gasteiger partial charge in [-0.05, 0) is 42.0 Å². The summed E-state index contributed by atoms with van der Waals surface area (Å²) in [6.45, 7) is 0. The fourth-order valence-corrected chi connectivity index (χ4v) is 2.68. The molecule has 0 aliphatic heterocycles. The van der Waals surface area contributed by atoms with Gasteiger partial charge in [-0.25, -0.2) is 4.39 Å². The zero-order valence-electron chi connectivity index (χ0n) is 11.1. The van der Waals surface area contributed by atoms with Crippen LogP contribution in [0.15, 0.2) is 41.2 Å². The second-order valence-corrected chi connectivity index (χ2v) is 5.46. The molecular weight excluding hydrogens is 291 g/mol. The van der Waals surface area contributed by atoms with Crippen LogP contribution in [0.25, 0.3) is 21.8 Å². The minimum atomic E-state index is -0.315. The van der Waals surface area contributed by atoms with Crippen LogP contribution in [-0.4, -0.2) is 14.8 Å². The Morgan fingerprint density at radius 1 is 1.14 bits per heavy atom. The summed E-state index contributed by atoms with van der Waals surface area (Å²) < 4.78 is 14.5. The fraction of sp³-hybridized carbons (Fsp3) is 0.0714. The molecule has 0 unspecified atom stereocenters. The summed E-state index contributed by atoms with van der Waals surface area (Å²) in [5.74, 6) is -0.315. The van der Waals surface area contributed by atoms with Crippen molar-refractivity contribution < 1.29 is 4.39 Å². The van der Waals surface area contributed by atoms with Crippen molar-refractivity contribution in [2.75, 3.05) is 5.73 Å². The van der Waals surface area contributed by atoms with E-state index in [1.165, 1.54) is 16.7 Å². The van der Waals surface area contributed by atoms with Crippen molar-refractivity contribution >= 4 is 16.5 Å². The van der Waals surface area contributed by atoms with Crippen LogP contribution in [0.1, 0.15) is 0 Å². The molecule has 2 aromatic heterocycles. The molecule has 2 N–H and O–H groups in total. The van der Waals surface area contributed by atoms with E-state index in [4.69, 9.17) is 5.73 Å². The average Bonchev–Trinajstić information content (AvgIpc) is 2.89. The highest BCUT2D eigenvalue weighted by molar-refractivity contribution is 7.18. The lowest BCUT2D eigenvalue weighted by Gasteiger charge is -2.09. The highest BCUT2D eigenvalue weighted by atomic mass is 32.1. The molecule has 2 heterocycles. The van der Waals surface area contributed by atoms with Crippen LogP contribution in [-0.2, 0) is 7.05 Å². The lowest BCUT2D eigenvalue weighted by Crippen LogP contribution is -2.19. The van der Waals surface area contributed by atoms with Gasteiger partial charge in [0.1, 0.15) is 5.82 Å². The van der Waals surface area contributed by atoms with Gasteiger partial charge in [0.25, 0.3) is 5.56 Å². The summed E-state index contributed by atoms with van der Waals surface area (Å²) >= 11 is 1.16.